The molecule has 1 rings (SSSR count). The summed E-state index contributed by atoms with van der Waals surface area (Å²) < 4.78 is 6.11. The highest BCUT2D eigenvalue weighted by molar-refractivity contribution is 14.1. The van der Waals surface area contributed by atoms with Gasteiger partial charge in [-0.25, -0.2) is 0 Å². The molecule has 3 nitrogen and oxygen atoms in total. The molecule has 1 amide bonds. The summed E-state index contributed by atoms with van der Waals surface area (Å²) in [7, 11) is 1.63. The Hall–Kier alpha value is -0.880. The molecule has 0 aliphatic rings. The Bertz CT molecular complexity index is 376. The van der Waals surface area contributed by atoms with E-state index in [-0.39, 0.29) is 5.91 Å². The van der Waals surface area contributed by atoms with Crippen LogP contribution in [0.25, 0.3) is 0 Å². The largest absolute Gasteiger partial charge is 0.383 e. The molecule has 0 heterocycles. The summed E-state index contributed by atoms with van der Waals surface area (Å²) in [5.41, 5.74) is 0.698. The van der Waals surface area contributed by atoms with E-state index < -0.39 is 0 Å². The lowest BCUT2D eigenvalue weighted by molar-refractivity contribution is 0.0718. The summed E-state index contributed by atoms with van der Waals surface area (Å²) in [4.78, 5) is 13.9. The quantitative estimate of drug-likeness (QED) is 0.586. The predicted octanol–water partition coefficient (Wildman–Crippen LogP) is 2.57. The van der Waals surface area contributed by atoms with E-state index in [0.29, 0.717) is 25.3 Å². The first-order chi connectivity index (χ1) is 8.19. The third-order valence-corrected chi connectivity index (χ3v) is 3.01. The van der Waals surface area contributed by atoms with Crippen LogP contribution in [0, 0.1) is 3.57 Å². The number of carbonyl (C=O) groups is 1. The fourth-order valence-electron chi connectivity index (χ4n) is 1.41. The maximum Gasteiger partial charge on any atom is 0.254 e. The first-order valence-electron chi connectivity index (χ1n) is 5.33. The molecule has 0 N–H and O–H groups in total. The molecule has 92 valence electrons. The molecule has 0 aliphatic heterocycles. The van der Waals surface area contributed by atoms with Gasteiger partial charge in [-0.15, -0.1) is 6.58 Å². The van der Waals surface area contributed by atoms with Gasteiger partial charge in [0.2, 0.25) is 0 Å². The third kappa shape index (κ3) is 4.47. The number of hydrogen-bond acceptors (Lipinski definition) is 2. The first kappa shape index (κ1) is 14.2. The van der Waals surface area contributed by atoms with Gasteiger partial charge >= 0.3 is 0 Å². The van der Waals surface area contributed by atoms with Crippen molar-refractivity contribution < 1.29 is 9.53 Å². The van der Waals surface area contributed by atoms with E-state index in [1.807, 2.05) is 24.3 Å². The van der Waals surface area contributed by atoms with Crippen molar-refractivity contribution >= 4 is 28.5 Å². The second-order valence-corrected chi connectivity index (χ2v) is 4.79. The standard InChI is InChI=1S/C13H16INO2/c1-3-8-15(9-10-17-2)13(16)11-4-6-12(14)7-5-11/h3-7H,1,8-10H2,2H3. The molecule has 17 heavy (non-hydrogen) atoms. The number of methoxy groups -OCH3 is 1. The Morgan fingerprint density at radius 2 is 2.12 bits per heavy atom. The molecular weight excluding hydrogens is 329 g/mol. The number of benzene rings is 1. The van der Waals surface area contributed by atoms with Crippen LogP contribution in [0.4, 0.5) is 0 Å². The second-order valence-electron chi connectivity index (χ2n) is 3.54. The SMILES string of the molecule is C=CCN(CCOC)C(=O)c1ccc(I)cc1. The third-order valence-electron chi connectivity index (χ3n) is 2.29. The average molecular weight is 345 g/mol. The van der Waals surface area contributed by atoms with Crippen molar-refractivity contribution in [3.05, 3.63) is 46.1 Å². The Labute approximate surface area is 116 Å². The molecule has 4 heteroatoms. The topological polar surface area (TPSA) is 29.5 Å². The lowest BCUT2D eigenvalue weighted by atomic mass is 10.2. The maximum absolute atomic E-state index is 12.2. The van der Waals surface area contributed by atoms with Gasteiger partial charge in [-0.1, -0.05) is 6.08 Å². The molecule has 0 saturated heterocycles. The normalized spacial score (nSPS) is 10.0. The number of nitrogens with zero attached hydrogens (tertiary/aromatic N) is 1. The fraction of sp³-hybridized carbons (Fsp3) is 0.308. The highest BCUT2D eigenvalue weighted by Crippen LogP contribution is 2.09. The van der Waals surface area contributed by atoms with Crippen molar-refractivity contribution in [2.45, 2.75) is 0 Å². The molecule has 1 aromatic rings. The molecule has 0 spiro atoms. The maximum atomic E-state index is 12.2. The zero-order chi connectivity index (χ0) is 12.7. The summed E-state index contributed by atoms with van der Waals surface area (Å²) in [6.45, 7) is 5.31. The summed E-state index contributed by atoms with van der Waals surface area (Å²) >= 11 is 2.22. The molecule has 0 radical (unpaired) electrons. The number of carbonyl (C=O) groups excluding carboxylic acids is 1. The summed E-state index contributed by atoms with van der Waals surface area (Å²) in [5.74, 6) is 0.0124. The Morgan fingerprint density at radius 1 is 1.47 bits per heavy atom. The highest BCUT2D eigenvalue weighted by Gasteiger charge is 2.13. The van der Waals surface area contributed by atoms with Crippen LogP contribution >= 0.6 is 22.6 Å². The summed E-state index contributed by atoms with van der Waals surface area (Å²) in [6, 6.07) is 7.53. The van der Waals surface area contributed by atoms with E-state index >= 15 is 0 Å². The molecule has 1 aromatic carbocycles. The number of ether oxygens (including phenoxy) is 1. The summed E-state index contributed by atoms with van der Waals surface area (Å²) in [6.07, 6.45) is 1.72. The van der Waals surface area contributed by atoms with Crippen LogP contribution in [0.3, 0.4) is 0 Å². The van der Waals surface area contributed by atoms with Crippen LogP contribution < -0.4 is 0 Å². The molecule has 0 bridgehead atoms. The lowest BCUT2D eigenvalue weighted by Crippen LogP contribution is -2.34. The van der Waals surface area contributed by atoms with Crippen molar-refractivity contribution in [2.24, 2.45) is 0 Å². The Morgan fingerprint density at radius 3 is 2.65 bits per heavy atom. The van der Waals surface area contributed by atoms with Crippen molar-refractivity contribution in [1.29, 1.82) is 0 Å². The monoisotopic (exact) mass is 345 g/mol. The van der Waals surface area contributed by atoms with Crippen LogP contribution in [0.5, 0.6) is 0 Å². The van der Waals surface area contributed by atoms with Crippen LogP contribution in [-0.2, 0) is 4.74 Å². The van der Waals surface area contributed by atoms with E-state index in [1.54, 1.807) is 18.1 Å². The van der Waals surface area contributed by atoms with E-state index in [4.69, 9.17) is 4.74 Å². The zero-order valence-corrected chi connectivity index (χ0v) is 12.0. The number of halogens is 1. The molecule has 0 unspecified atom stereocenters. The summed E-state index contributed by atoms with van der Waals surface area (Å²) in [5, 5.41) is 0. The highest BCUT2D eigenvalue weighted by atomic mass is 127. The van der Waals surface area contributed by atoms with E-state index in [1.165, 1.54) is 0 Å². The van der Waals surface area contributed by atoms with Gasteiger partial charge in [0, 0.05) is 29.3 Å². The molecule has 0 aromatic heterocycles. The molecule has 0 saturated carbocycles. The van der Waals surface area contributed by atoms with Gasteiger partial charge in [-0.3, -0.25) is 4.79 Å². The second kappa shape index (κ2) is 7.45. The van der Waals surface area contributed by atoms with Crippen LogP contribution in [0.1, 0.15) is 10.4 Å². The minimum absolute atomic E-state index is 0.0124. The van der Waals surface area contributed by atoms with Gasteiger partial charge in [-0.05, 0) is 46.9 Å². The molecule has 0 fully saturated rings. The van der Waals surface area contributed by atoms with Gasteiger partial charge in [0.15, 0.2) is 0 Å². The van der Waals surface area contributed by atoms with Crippen molar-refractivity contribution in [3.8, 4) is 0 Å². The minimum atomic E-state index is 0.0124. The number of rotatable bonds is 6. The fourth-order valence-corrected chi connectivity index (χ4v) is 1.77. The molecule has 0 atom stereocenters. The predicted molar refractivity (Wildman–Crippen MR) is 77.1 cm³/mol. The van der Waals surface area contributed by atoms with Crippen molar-refractivity contribution in [1.82, 2.24) is 4.90 Å². The van der Waals surface area contributed by atoms with E-state index in [2.05, 4.69) is 29.2 Å². The van der Waals surface area contributed by atoms with Crippen LogP contribution in [0.2, 0.25) is 0 Å². The average Bonchev–Trinajstić information content (AvgIpc) is 2.34. The van der Waals surface area contributed by atoms with Crippen LogP contribution in [0.15, 0.2) is 36.9 Å². The van der Waals surface area contributed by atoms with Crippen molar-refractivity contribution in [3.63, 3.8) is 0 Å². The first-order valence-corrected chi connectivity index (χ1v) is 6.41. The van der Waals surface area contributed by atoms with Gasteiger partial charge in [0.25, 0.3) is 5.91 Å². The molecule has 0 aliphatic carbocycles. The number of hydrogen-bond donors (Lipinski definition) is 0. The molecular formula is C13H16INO2. The van der Waals surface area contributed by atoms with Gasteiger partial charge in [-0.2, -0.15) is 0 Å². The number of amides is 1. The van der Waals surface area contributed by atoms with E-state index in [9.17, 15) is 4.79 Å². The minimum Gasteiger partial charge on any atom is -0.383 e. The van der Waals surface area contributed by atoms with Crippen molar-refractivity contribution in [2.75, 3.05) is 26.8 Å². The van der Waals surface area contributed by atoms with Gasteiger partial charge in [0.05, 0.1) is 6.61 Å². The smallest absolute Gasteiger partial charge is 0.254 e. The van der Waals surface area contributed by atoms with Gasteiger partial charge < -0.3 is 9.64 Å². The van der Waals surface area contributed by atoms with Gasteiger partial charge in [0.1, 0.15) is 0 Å². The Kier molecular flexibility index (Phi) is 6.21. The lowest BCUT2D eigenvalue weighted by Gasteiger charge is -2.20. The zero-order valence-electron chi connectivity index (χ0n) is 9.86. The van der Waals surface area contributed by atoms with Crippen LogP contribution in [-0.4, -0.2) is 37.6 Å². The Balaban J connectivity index is 2.75. The van der Waals surface area contributed by atoms with E-state index in [0.717, 1.165) is 3.57 Å².